The van der Waals surface area contributed by atoms with Gasteiger partial charge in [-0.05, 0) is 13.3 Å². The molecule has 1 spiro atoms. The highest BCUT2D eigenvalue weighted by atomic mass is 16.7. The molecule has 0 bridgehead atoms. The molecule has 4 heteroatoms. The Morgan fingerprint density at radius 3 is 2.75 bits per heavy atom. The SMILES string of the molecule is CCCC1(C(=O)OCC)OC12COCC2C. The third-order valence-corrected chi connectivity index (χ3v) is 3.69. The summed E-state index contributed by atoms with van der Waals surface area (Å²) in [7, 11) is 0. The molecule has 0 aromatic carbocycles. The molecule has 0 aromatic heterocycles. The zero-order valence-electron chi connectivity index (χ0n) is 10.2. The van der Waals surface area contributed by atoms with Crippen molar-refractivity contribution in [1.29, 1.82) is 0 Å². The lowest BCUT2D eigenvalue weighted by Crippen LogP contribution is -2.39. The van der Waals surface area contributed by atoms with Crippen molar-refractivity contribution in [2.75, 3.05) is 19.8 Å². The summed E-state index contributed by atoms with van der Waals surface area (Å²) in [6.45, 7) is 7.54. The molecule has 3 atom stereocenters. The van der Waals surface area contributed by atoms with Crippen molar-refractivity contribution in [2.45, 2.75) is 44.8 Å². The highest BCUT2D eigenvalue weighted by Crippen LogP contribution is 2.58. The summed E-state index contributed by atoms with van der Waals surface area (Å²) in [4.78, 5) is 12.0. The number of ether oxygens (including phenoxy) is 3. The minimum Gasteiger partial charge on any atom is -0.464 e. The predicted octanol–water partition coefficient (Wildman–Crippen LogP) is 1.52. The largest absolute Gasteiger partial charge is 0.464 e. The van der Waals surface area contributed by atoms with Gasteiger partial charge in [-0.25, -0.2) is 4.79 Å². The van der Waals surface area contributed by atoms with Crippen molar-refractivity contribution >= 4 is 5.97 Å². The summed E-state index contributed by atoms with van der Waals surface area (Å²) in [5.41, 5.74) is -1.14. The molecule has 0 saturated carbocycles. The van der Waals surface area contributed by atoms with Gasteiger partial charge in [0.05, 0.1) is 19.8 Å². The molecule has 3 unspecified atom stereocenters. The van der Waals surface area contributed by atoms with Crippen LogP contribution in [0.25, 0.3) is 0 Å². The van der Waals surface area contributed by atoms with E-state index in [1.807, 2.05) is 6.92 Å². The van der Waals surface area contributed by atoms with Crippen LogP contribution in [0.1, 0.15) is 33.6 Å². The van der Waals surface area contributed by atoms with Gasteiger partial charge in [0.2, 0.25) is 0 Å². The van der Waals surface area contributed by atoms with Crippen LogP contribution in [-0.4, -0.2) is 37.0 Å². The maximum atomic E-state index is 12.0. The minimum absolute atomic E-state index is 0.214. The molecule has 0 radical (unpaired) electrons. The van der Waals surface area contributed by atoms with Gasteiger partial charge >= 0.3 is 5.97 Å². The van der Waals surface area contributed by atoms with E-state index in [4.69, 9.17) is 14.2 Å². The van der Waals surface area contributed by atoms with Crippen molar-refractivity contribution in [3.8, 4) is 0 Å². The molecule has 2 saturated heterocycles. The van der Waals surface area contributed by atoms with Crippen LogP contribution >= 0.6 is 0 Å². The number of carbonyl (C=O) groups is 1. The Bertz CT molecular complexity index is 291. The minimum atomic E-state index is -0.728. The summed E-state index contributed by atoms with van der Waals surface area (Å²) in [6, 6.07) is 0. The molecular formula is C12H20O4. The number of epoxide rings is 1. The standard InChI is InChI=1S/C12H20O4/c1-4-6-11(10(13)15-5-2)12(16-11)8-14-7-9(12)3/h9H,4-8H2,1-3H3. The molecule has 2 fully saturated rings. The first-order valence-electron chi connectivity index (χ1n) is 6.08. The summed E-state index contributed by atoms with van der Waals surface area (Å²) < 4.78 is 16.4. The summed E-state index contributed by atoms with van der Waals surface area (Å²) in [5.74, 6) is 0.0534. The summed E-state index contributed by atoms with van der Waals surface area (Å²) in [6.07, 6.45) is 1.63. The third kappa shape index (κ3) is 1.39. The lowest BCUT2D eigenvalue weighted by Gasteiger charge is -2.16. The van der Waals surface area contributed by atoms with Gasteiger partial charge in [-0.1, -0.05) is 20.3 Å². The van der Waals surface area contributed by atoms with Crippen molar-refractivity contribution in [3.63, 3.8) is 0 Å². The second-order valence-corrected chi connectivity index (χ2v) is 4.71. The average Bonchev–Trinajstić information content (AvgIpc) is 2.75. The molecule has 92 valence electrons. The molecule has 4 nitrogen and oxygen atoms in total. The second-order valence-electron chi connectivity index (χ2n) is 4.71. The molecule has 0 aromatic rings. The van der Waals surface area contributed by atoms with Gasteiger partial charge in [-0.15, -0.1) is 0 Å². The van der Waals surface area contributed by atoms with E-state index in [1.165, 1.54) is 0 Å². The maximum absolute atomic E-state index is 12.0. The molecule has 2 aliphatic rings. The van der Waals surface area contributed by atoms with Crippen molar-refractivity contribution < 1.29 is 19.0 Å². The van der Waals surface area contributed by atoms with E-state index in [2.05, 4.69) is 13.8 Å². The number of rotatable bonds is 4. The fraction of sp³-hybridized carbons (Fsp3) is 0.917. The van der Waals surface area contributed by atoms with Gasteiger partial charge in [0.25, 0.3) is 0 Å². The second kappa shape index (κ2) is 4.00. The molecule has 0 aliphatic carbocycles. The van der Waals surface area contributed by atoms with E-state index >= 15 is 0 Å². The highest BCUT2D eigenvalue weighted by Gasteiger charge is 2.78. The van der Waals surface area contributed by atoms with Crippen molar-refractivity contribution in [2.24, 2.45) is 5.92 Å². The number of hydrogen-bond donors (Lipinski definition) is 0. The maximum Gasteiger partial charge on any atom is 0.341 e. The van der Waals surface area contributed by atoms with E-state index in [-0.39, 0.29) is 11.9 Å². The molecular weight excluding hydrogens is 208 g/mol. The fourth-order valence-corrected chi connectivity index (χ4v) is 2.77. The Balaban J connectivity index is 2.17. The molecule has 2 rings (SSSR count). The van der Waals surface area contributed by atoms with Crippen LogP contribution in [-0.2, 0) is 19.0 Å². The van der Waals surface area contributed by atoms with Gasteiger partial charge in [0.1, 0.15) is 5.60 Å². The van der Waals surface area contributed by atoms with Gasteiger partial charge in [-0.3, -0.25) is 0 Å². The van der Waals surface area contributed by atoms with Crippen LogP contribution in [0.4, 0.5) is 0 Å². The molecule has 0 amide bonds. The summed E-state index contributed by atoms with van der Waals surface area (Å²) >= 11 is 0. The Labute approximate surface area is 96.2 Å². The lowest BCUT2D eigenvalue weighted by molar-refractivity contribution is -0.150. The molecule has 2 aliphatic heterocycles. The van der Waals surface area contributed by atoms with Crippen LogP contribution in [0.5, 0.6) is 0 Å². The first kappa shape index (κ1) is 11.9. The molecule has 2 heterocycles. The predicted molar refractivity (Wildman–Crippen MR) is 58.1 cm³/mol. The van der Waals surface area contributed by atoms with Crippen LogP contribution in [0.15, 0.2) is 0 Å². The topological polar surface area (TPSA) is 48.1 Å². The quantitative estimate of drug-likeness (QED) is 0.540. The number of hydrogen-bond acceptors (Lipinski definition) is 4. The first-order valence-corrected chi connectivity index (χ1v) is 6.08. The van der Waals surface area contributed by atoms with E-state index in [1.54, 1.807) is 0 Å². The van der Waals surface area contributed by atoms with Crippen molar-refractivity contribution in [3.05, 3.63) is 0 Å². The van der Waals surface area contributed by atoms with E-state index < -0.39 is 11.2 Å². The Kier molecular flexibility index (Phi) is 2.97. The van der Waals surface area contributed by atoms with Gasteiger partial charge in [-0.2, -0.15) is 0 Å². The van der Waals surface area contributed by atoms with Crippen molar-refractivity contribution in [1.82, 2.24) is 0 Å². The zero-order valence-corrected chi connectivity index (χ0v) is 10.2. The van der Waals surface area contributed by atoms with Crippen LogP contribution in [0, 0.1) is 5.92 Å². The van der Waals surface area contributed by atoms with Gasteiger partial charge in [0, 0.05) is 5.92 Å². The molecule has 0 N–H and O–H groups in total. The molecule has 16 heavy (non-hydrogen) atoms. The normalized spacial score (nSPS) is 41.3. The van der Waals surface area contributed by atoms with Gasteiger partial charge in [0.15, 0.2) is 5.60 Å². The average molecular weight is 228 g/mol. The third-order valence-electron chi connectivity index (χ3n) is 3.69. The zero-order chi connectivity index (χ0) is 11.8. The summed E-state index contributed by atoms with van der Waals surface area (Å²) in [5, 5.41) is 0. The van der Waals surface area contributed by atoms with Gasteiger partial charge < -0.3 is 14.2 Å². The van der Waals surface area contributed by atoms with E-state index in [0.29, 0.717) is 19.8 Å². The van der Waals surface area contributed by atoms with Crippen LogP contribution in [0.2, 0.25) is 0 Å². The Morgan fingerprint density at radius 2 is 2.25 bits per heavy atom. The van der Waals surface area contributed by atoms with Crippen LogP contribution in [0.3, 0.4) is 0 Å². The van der Waals surface area contributed by atoms with E-state index in [9.17, 15) is 4.79 Å². The highest BCUT2D eigenvalue weighted by molar-refractivity contribution is 5.85. The van der Waals surface area contributed by atoms with E-state index in [0.717, 1.165) is 12.8 Å². The lowest BCUT2D eigenvalue weighted by atomic mass is 9.82. The monoisotopic (exact) mass is 228 g/mol. The Hall–Kier alpha value is -0.610. The van der Waals surface area contributed by atoms with Crippen LogP contribution < -0.4 is 0 Å². The number of carbonyl (C=O) groups excluding carboxylic acids is 1. The Morgan fingerprint density at radius 1 is 1.50 bits per heavy atom. The number of esters is 1. The fourth-order valence-electron chi connectivity index (χ4n) is 2.77. The first-order chi connectivity index (χ1) is 7.63. The smallest absolute Gasteiger partial charge is 0.341 e.